The first-order chi connectivity index (χ1) is 15.8. The van der Waals surface area contributed by atoms with Crippen molar-refractivity contribution >= 4 is 28.3 Å². The maximum absolute atomic E-state index is 13.8. The van der Waals surface area contributed by atoms with Gasteiger partial charge in [-0.2, -0.15) is 0 Å². The number of rotatable bonds is 5. The van der Waals surface area contributed by atoms with Gasteiger partial charge in [-0.15, -0.1) is 0 Å². The Morgan fingerprint density at radius 3 is 2.79 bits per heavy atom. The number of carbonyl (C=O) groups excluding carboxylic acids is 2. The lowest BCUT2D eigenvalue weighted by molar-refractivity contribution is 0.0684. The fraction of sp³-hybridized carbons (Fsp3) is 0.320. The molecule has 1 aromatic heterocycles. The van der Waals surface area contributed by atoms with Crippen LogP contribution in [0, 0.1) is 25.6 Å². The van der Waals surface area contributed by atoms with E-state index in [4.69, 9.17) is 5.73 Å². The summed E-state index contributed by atoms with van der Waals surface area (Å²) in [5, 5.41) is 3.29. The normalized spacial score (nSPS) is 21.1. The summed E-state index contributed by atoms with van der Waals surface area (Å²) in [5.41, 5.74) is 9.45. The molecule has 3 N–H and O–H groups in total. The number of fused-ring (bicyclic) bond motifs is 1. The molecule has 2 aromatic carbocycles. The maximum atomic E-state index is 13.8. The van der Waals surface area contributed by atoms with E-state index in [-0.39, 0.29) is 40.5 Å². The molecule has 1 aliphatic carbocycles. The first-order valence-corrected chi connectivity index (χ1v) is 11.8. The minimum atomic E-state index is -0.381. The molecular formula is C25H25FN4O2S. The van der Waals surface area contributed by atoms with E-state index in [1.807, 2.05) is 36.9 Å². The van der Waals surface area contributed by atoms with E-state index < -0.39 is 0 Å². The summed E-state index contributed by atoms with van der Waals surface area (Å²) >= 11 is 1.18. The molecule has 0 radical (unpaired) electrons. The highest BCUT2D eigenvalue weighted by Gasteiger charge is 2.54. The molecule has 0 bridgehead atoms. The summed E-state index contributed by atoms with van der Waals surface area (Å²) in [6.07, 6.45) is 1.81. The zero-order valence-corrected chi connectivity index (χ0v) is 19.3. The Kier molecular flexibility index (Phi) is 5.40. The van der Waals surface area contributed by atoms with Crippen LogP contribution in [0.2, 0.25) is 0 Å². The third-order valence-corrected chi connectivity index (χ3v) is 7.66. The number of anilines is 1. The minimum Gasteiger partial charge on any atom is -0.375 e. The van der Waals surface area contributed by atoms with Crippen molar-refractivity contribution in [2.45, 2.75) is 38.8 Å². The van der Waals surface area contributed by atoms with Gasteiger partial charge in [0.25, 0.3) is 11.8 Å². The molecule has 1 aliphatic heterocycles. The number of likely N-dealkylation sites (tertiary alicyclic amines) is 1. The molecule has 6 nitrogen and oxygen atoms in total. The van der Waals surface area contributed by atoms with Crippen molar-refractivity contribution in [3.63, 3.8) is 0 Å². The first kappa shape index (κ1) is 21.6. The van der Waals surface area contributed by atoms with Crippen LogP contribution in [0.25, 0.3) is 10.4 Å². The fourth-order valence-electron chi connectivity index (χ4n) is 4.79. The molecule has 3 aromatic rings. The molecule has 1 saturated carbocycles. The number of nitrogens with zero attached hydrogens (tertiary/aromatic N) is 2. The summed E-state index contributed by atoms with van der Waals surface area (Å²) in [7, 11) is 0. The zero-order valence-electron chi connectivity index (χ0n) is 18.5. The number of amides is 2. The zero-order chi connectivity index (χ0) is 23.3. The molecule has 2 fully saturated rings. The average Bonchev–Trinajstić information content (AvgIpc) is 3.27. The van der Waals surface area contributed by atoms with E-state index in [0.717, 1.165) is 24.0 Å². The van der Waals surface area contributed by atoms with Gasteiger partial charge in [-0.3, -0.25) is 9.59 Å². The number of piperidine rings is 1. The van der Waals surface area contributed by atoms with E-state index >= 15 is 0 Å². The molecule has 8 heteroatoms. The van der Waals surface area contributed by atoms with Crippen molar-refractivity contribution < 1.29 is 14.0 Å². The predicted octanol–water partition coefficient (Wildman–Crippen LogP) is 4.18. The van der Waals surface area contributed by atoms with Crippen LogP contribution >= 0.6 is 11.3 Å². The van der Waals surface area contributed by atoms with Crippen molar-refractivity contribution in [2.75, 3.05) is 12.3 Å². The summed E-state index contributed by atoms with van der Waals surface area (Å²) in [5.74, 6) is -0.279. The average molecular weight is 465 g/mol. The van der Waals surface area contributed by atoms with Crippen LogP contribution in [0.15, 0.2) is 42.5 Å². The third-order valence-electron chi connectivity index (χ3n) is 6.73. The minimum absolute atomic E-state index is 0.112. The molecule has 2 heterocycles. The Bertz CT molecular complexity index is 1260. The van der Waals surface area contributed by atoms with Gasteiger partial charge in [-0.25, -0.2) is 9.37 Å². The number of aryl methyl sites for hydroxylation is 1. The van der Waals surface area contributed by atoms with Gasteiger partial charge in [0.2, 0.25) is 0 Å². The number of carbonyl (C=O) groups is 2. The lowest BCUT2D eigenvalue weighted by Crippen LogP contribution is -2.45. The van der Waals surface area contributed by atoms with E-state index in [2.05, 4.69) is 10.3 Å². The largest absolute Gasteiger partial charge is 0.375 e. The number of aromatic nitrogens is 1. The molecule has 2 amide bonds. The molecule has 2 unspecified atom stereocenters. The van der Waals surface area contributed by atoms with Gasteiger partial charge in [-0.1, -0.05) is 35.6 Å². The highest BCUT2D eigenvalue weighted by atomic mass is 32.1. The smallest absolute Gasteiger partial charge is 0.274 e. The number of halogens is 1. The fourth-order valence-corrected chi connectivity index (χ4v) is 5.61. The topological polar surface area (TPSA) is 88.3 Å². The summed E-state index contributed by atoms with van der Waals surface area (Å²) in [4.78, 5) is 33.1. The highest BCUT2D eigenvalue weighted by molar-refractivity contribution is 7.19. The van der Waals surface area contributed by atoms with Crippen LogP contribution in [0.4, 0.5) is 9.52 Å². The van der Waals surface area contributed by atoms with Crippen molar-refractivity contribution in [2.24, 2.45) is 5.92 Å². The summed E-state index contributed by atoms with van der Waals surface area (Å²) in [6, 6.07) is 11.8. The molecular weight excluding hydrogens is 439 g/mol. The first-order valence-electron chi connectivity index (χ1n) is 11.0. The Morgan fingerprint density at radius 2 is 2.00 bits per heavy atom. The monoisotopic (exact) mass is 464 g/mol. The maximum Gasteiger partial charge on any atom is 0.274 e. The lowest BCUT2D eigenvalue weighted by Gasteiger charge is -2.27. The number of nitrogen functional groups attached to an aromatic ring is 1. The van der Waals surface area contributed by atoms with Gasteiger partial charge in [0.1, 0.15) is 11.5 Å². The molecule has 33 heavy (non-hydrogen) atoms. The lowest BCUT2D eigenvalue weighted by atomic mass is 10.0. The van der Waals surface area contributed by atoms with Crippen LogP contribution in [-0.4, -0.2) is 40.3 Å². The van der Waals surface area contributed by atoms with E-state index in [1.165, 1.54) is 23.5 Å². The van der Waals surface area contributed by atoms with E-state index in [1.54, 1.807) is 12.1 Å². The number of hydrogen-bond acceptors (Lipinski definition) is 5. The van der Waals surface area contributed by atoms with Gasteiger partial charge in [0, 0.05) is 18.2 Å². The second-order valence-corrected chi connectivity index (χ2v) is 9.89. The quantitative estimate of drug-likeness (QED) is 0.593. The van der Waals surface area contributed by atoms with Crippen molar-refractivity contribution in [1.82, 2.24) is 15.2 Å². The van der Waals surface area contributed by atoms with Gasteiger partial charge in [-0.05, 0) is 67.5 Å². The van der Waals surface area contributed by atoms with Crippen LogP contribution in [0.3, 0.4) is 0 Å². The molecule has 1 saturated heterocycles. The molecule has 0 spiro atoms. The van der Waals surface area contributed by atoms with Crippen molar-refractivity contribution in [1.29, 1.82) is 0 Å². The predicted molar refractivity (Wildman–Crippen MR) is 127 cm³/mol. The standard InChI is InChI=1S/C25H25FN4O2S/c1-13-5-3-8-19(14(13)2)23(31)28-12-18-10-16-11-20(16)30(18)24(32)21-22(33-25(27)29-21)15-6-4-7-17(26)9-15/h3-9,16,18,20H,10-12H2,1-2H3,(H2,27,29)(H,28,31)/t16?,18-,20?/m0/s1. The number of benzene rings is 2. The second-order valence-electron chi connectivity index (χ2n) is 8.86. The van der Waals surface area contributed by atoms with Crippen molar-refractivity contribution in [3.8, 4) is 10.4 Å². The number of hydrogen-bond donors (Lipinski definition) is 2. The SMILES string of the molecule is Cc1cccc(C(=O)NC[C@@H]2CC3CC3N2C(=O)c2nc(N)sc2-c2cccc(F)c2)c1C. The van der Waals surface area contributed by atoms with Gasteiger partial charge in [0.15, 0.2) is 5.13 Å². The Hall–Kier alpha value is -3.26. The number of thiazole rings is 1. The van der Waals surface area contributed by atoms with Crippen LogP contribution < -0.4 is 11.1 Å². The van der Waals surface area contributed by atoms with Crippen molar-refractivity contribution in [3.05, 3.63) is 70.7 Å². The molecule has 5 rings (SSSR count). The second kappa shape index (κ2) is 8.26. The van der Waals surface area contributed by atoms with Gasteiger partial charge >= 0.3 is 0 Å². The molecule has 170 valence electrons. The van der Waals surface area contributed by atoms with Gasteiger partial charge < -0.3 is 16.0 Å². The number of nitrogens with two attached hydrogens (primary N) is 1. The Morgan fingerprint density at radius 1 is 1.21 bits per heavy atom. The summed E-state index contributed by atoms with van der Waals surface area (Å²) < 4.78 is 13.8. The van der Waals surface area contributed by atoms with Gasteiger partial charge in [0.05, 0.1) is 10.9 Å². The highest BCUT2D eigenvalue weighted by Crippen LogP contribution is 2.49. The molecule has 2 aliphatic rings. The van der Waals surface area contributed by atoms with E-state index in [0.29, 0.717) is 28.5 Å². The van der Waals surface area contributed by atoms with Crippen LogP contribution in [-0.2, 0) is 0 Å². The third kappa shape index (κ3) is 3.99. The Labute approximate surface area is 195 Å². The Balaban J connectivity index is 1.36. The number of nitrogens with one attached hydrogen (secondary N) is 1. The van der Waals surface area contributed by atoms with Crippen LogP contribution in [0.5, 0.6) is 0 Å². The molecule has 3 atom stereocenters. The van der Waals surface area contributed by atoms with E-state index in [9.17, 15) is 14.0 Å². The van der Waals surface area contributed by atoms with Crippen LogP contribution in [0.1, 0.15) is 44.8 Å². The summed E-state index contributed by atoms with van der Waals surface area (Å²) in [6.45, 7) is 4.29.